The highest BCUT2D eigenvalue weighted by molar-refractivity contribution is 7.73. The van der Waals surface area contributed by atoms with Gasteiger partial charge in [-0.2, -0.15) is 0 Å². The molecule has 32 heavy (non-hydrogen) atoms. The molecule has 3 rings (SSSR count). The highest BCUT2D eigenvalue weighted by Gasteiger charge is 2.22. The quantitative estimate of drug-likeness (QED) is 0.434. The van der Waals surface area contributed by atoms with Crippen molar-refractivity contribution in [2.24, 2.45) is 5.92 Å². The van der Waals surface area contributed by atoms with Crippen LogP contribution < -0.4 is 10.6 Å². The number of rotatable bonds is 5. The van der Waals surface area contributed by atoms with Gasteiger partial charge in [0.15, 0.2) is 0 Å². The van der Waals surface area contributed by atoms with Crippen molar-refractivity contribution in [3.8, 4) is 0 Å². The number of carbonyl (C=O) groups is 1. The number of aromatic carboxylic acids is 1. The van der Waals surface area contributed by atoms with E-state index in [0.29, 0.717) is 16.2 Å². The molecule has 0 aliphatic carbocycles. The summed E-state index contributed by atoms with van der Waals surface area (Å²) >= 11 is 0. The van der Waals surface area contributed by atoms with Crippen molar-refractivity contribution in [3.63, 3.8) is 0 Å². The first-order chi connectivity index (χ1) is 15.1. The minimum Gasteiger partial charge on any atom is -0.478 e. The van der Waals surface area contributed by atoms with Gasteiger partial charge in [-0.25, -0.2) is 4.79 Å². The highest BCUT2D eigenvalue weighted by atomic mass is 31.2. The third-order valence-corrected chi connectivity index (χ3v) is 6.75. The molecule has 0 bridgehead atoms. The standard InChI is InChI=1S/C12H11O2P.C7H6O2.C6H14O2/c13-15(14,11-7-3-1-4-8-11)12-9-5-2-6-10-12;8-7(9)6-4-2-1-3-5-6;1-4(5(2)7)6(3)8/h1-10H,(H,13,14);1-5H,(H,8,9);4-8H,1-3H3. The Morgan fingerprint density at radius 2 is 1.00 bits per heavy atom. The fourth-order valence-corrected chi connectivity index (χ4v) is 3.84. The van der Waals surface area contributed by atoms with E-state index in [4.69, 9.17) is 15.3 Å². The molecule has 0 aromatic heterocycles. The molecule has 4 N–H and O–H groups in total. The van der Waals surface area contributed by atoms with Crippen LogP contribution in [0.4, 0.5) is 0 Å². The Hall–Kier alpha value is -2.76. The third-order valence-electron chi connectivity index (χ3n) is 4.75. The van der Waals surface area contributed by atoms with Crippen LogP contribution in [0.3, 0.4) is 0 Å². The molecule has 0 aliphatic heterocycles. The molecule has 0 radical (unpaired) electrons. The van der Waals surface area contributed by atoms with E-state index in [0.717, 1.165) is 0 Å². The Kier molecular flexibility index (Phi) is 11.6. The molecule has 3 aromatic carbocycles. The maximum Gasteiger partial charge on any atom is 0.335 e. The molecule has 3 aromatic rings. The number of benzene rings is 3. The normalized spacial score (nSPS) is 13.3. The summed E-state index contributed by atoms with van der Waals surface area (Å²) in [5.41, 5.74) is 0.331. The second-order valence-electron chi connectivity index (χ2n) is 7.26. The van der Waals surface area contributed by atoms with Gasteiger partial charge in [-0.15, -0.1) is 0 Å². The van der Waals surface area contributed by atoms with Crippen molar-refractivity contribution >= 4 is 23.9 Å². The molecule has 0 aliphatic rings. The molecule has 7 heteroatoms. The average Bonchev–Trinajstić information content (AvgIpc) is 2.81. The summed E-state index contributed by atoms with van der Waals surface area (Å²) in [5, 5.41) is 27.0. The smallest absolute Gasteiger partial charge is 0.335 e. The van der Waals surface area contributed by atoms with E-state index in [1.54, 1.807) is 92.7 Å². The maximum atomic E-state index is 12.2. The number of carboxylic acids is 1. The summed E-state index contributed by atoms with van der Waals surface area (Å²) in [6.07, 6.45) is -0.815. The topological polar surface area (TPSA) is 115 Å². The first-order valence-electron chi connectivity index (χ1n) is 10.2. The number of hydrogen-bond acceptors (Lipinski definition) is 4. The van der Waals surface area contributed by atoms with Crippen LogP contribution in [0, 0.1) is 5.92 Å². The van der Waals surface area contributed by atoms with E-state index in [9.17, 15) is 14.3 Å². The molecule has 0 saturated heterocycles. The van der Waals surface area contributed by atoms with Crippen LogP contribution in [-0.2, 0) is 4.57 Å². The van der Waals surface area contributed by atoms with Gasteiger partial charge in [0.25, 0.3) is 7.37 Å². The lowest BCUT2D eigenvalue weighted by atomic mass is 10.0. The predicted octanol–water partition coefficient (Wildman–Crippen LogP) is 3.68. The average molecular weight is 458 g/mol. The van der Waals surface area contributed by atoms with E-state index in [1.165, 1.54) is 0 Å². The second kappa shape index (κ2) is 13.6. The van der Waals surface area contributed by atoms with Crippen LogP contribution in [0.2, 0.25) is 0 Å². The van der Waals surface area contributed by atoms with Crippen LogP contribution in [0.15, 0.2) is 91.0 Å². The molecule has 2 atom stereocenters. The Morgan fingerprint density at radius 1 is 0.688 bits per heavy atom. The van der Waals surface area contributed by atoms with Crippen LogP contribution in [0.25, 0.3) is 0 Å². The summed E-state index contributed by atoms with van der Waals surface area (Å²) in [4.78, 5) is 20.2. The number of carboxylic acid groups (broad SMARTS) is 1. The summed E-state index contributed by atoms with van der Waals surface area (Å²) in [6.45, 7) is 5.17. The molecule has 0 heterocycles. The van der Waals surface area contributed by atoms with Crippen molar-refractivity contribution in [2.75, 3.05) is 0 Å². The van der Waals surface area contributed by atoms with Crippen LogP contribution >= 0.6 is 7.37 Å². The SMILES string of the molecule is CC(O)C(C)C(C)O.O=C(O)c1ccccc1.O=P(O)(c1ccccc1)c1ccccc1. The van der Waals surface area contributed by atoms with E-state index in [-0.39, 0.29) is 5.92 Å². The third kappa shape index (κ3) is 9.16. The Morgan fingerprint density at radius 3 is 1.22 bits per heavy atom. The Labute approximate surface area is 189 Å². The zero-order valence-corrected chi connectivity index (χ0v) is 19.3. The van der Waals surface area contributed by atoms with Gasteiger partial charge < -0.3 is 20.2 Å². The second-order valence-corrected chi connectivity index (χ2v) is 9.44. The highest BCUT2D eigenvalue weighted by Crippen LogP contribution is 2.37. The Bertz CT molecular complexity index is 908. The van der Waals surface area contributed by atoms with Gasteiger partial charge in [0.1, 0.15) is 0 Å². The van der Waals surface area contributed by atoms with Gasteiger partial charge in [-0.05, 0) is 50.2 Å². The summed E-state index contributed by atoms with van der Waals surface area (Å²) in [6, 6.07) is 25.7. The molecule has 172 valence electrons. The number of aliphatic hydroxyl groups excluding tert-OH is 2. The first-order valence-corrected chi connectivity index (χ1v) is 11.8. The Balaban J connectivity index is 0.000000260. The molecule has 0 amide bonds. The fourth-order valence-electron chi connectivity index (χ4n) is 2.39. The zero-order valence-electron chi connectivity index (χ0n) is 18.4. The van der Waals surface area contributed by atoms with E-state index >= 15 is 0 Å². The zero-order chi connectivity index (χ0) is 24.1. The monoisotopic (exact) mass is 458 g/mol. The van der Waals surface area contributed by atoms with Crippen molar-refractivity contribution in [1.82, 2.24) is 0 Å². The van der Waals surface area contributed by atoms with E-state index in [1.807, 2.05) is 19.1 Å². The molecular weight excluding hydrogens is 427 g/mol. The van der Waals surface area contributed by atoms with Gasteiger partial charge >= 0.3 is 5.97 Å². The summed E-state index contributed by atoms with van der Waals surface area (Å²) in [5.74, 6) is -0.898. The number of hydrogen-bond donors (Lipinski definition) is 4. The van der Waals surface area contributed by atoms with Crippen LogP contribution in [0.1, 0.15) is 31.1 Å². The van der Waals surface area contributed by atoms with Gasteiger partial charge in [0, 0.05) is 16.5 Å². The van der Waals surface area contributed by atoms with Gasteiger partial charge in [-0.1, -0.05) is 61.5 Å². The molecule has 0 fully saturated rings. The van der Waals surface area contributed by atoms with Gasteiger partial charge in [0.2, 0.25) is 0 Å². The molecule has 0 spiro atoms. The van der Waals surface area contributed by atoms with Crippen molar-refractivity contribution in [2.45, 2.75) is 33.0 Å². The molecular formula is C25H31O6P. The van der Waals surface area contributed by atoms with Gasteiger partial charge in [0.05, 0.1) is 17.8 Å². The lowest BCUT2D eigenvalue weighted by Gasteiger charge is -2.16. The summed E-state index contributed by atoms with van der Waals surface area (Å²) in [7, 11) is -3.40. The lowest BCUT2D eigenvalue weighted by molar-refractivity contribution is 0.0420. The van der Waals surface area contributed by atoms with Crippen molar-refractivity contribution < 1.29 is 29.6 Å². The predicted molar refractivity (Wildman–Crippen MR) is 128 cm³/mol. The largest absolute Gasteiger partial charge is 0.478 e. The molecule has 6 nitrogen and oxygen atoms in total. The lowest BCUT2D eigenvalue weighted by Crippen LogP contribution is -2.24. The maximum absolute atomic E-state index is 12.2. The van der Waals surface area contributed by atoms with Crippen molar-refractivity contribution in [1.29, 1.82) is 0 Å². The summed E-state index contributed by atoms with van der Waals surface area (Å²) < 4.78 is 12.2. The minimum atomic E-state index is -3.40. The fraction of sp³-hybridized carbons (Fsp3) is 0.240. The van der Waals surface area contributed by atoms with E-state index < -0.39 is 25.5 Å². The van der Waals surface area contributed by atoms with Crippen LogP contribution in [-0.4, -0.2) is 38.4 Å². The van der Waals surface area contributed by atoms with Crippen molar-refractivity contribution in [3.05, 3.63) is 96.6 Å². The minimum absolute atomic E-state index is 0.0185. The van der Waals surface area contributed by atoms with E-state index in [2.05, 4.69) is 0 Å². The number of aliphatic hydroxyl groups is 2. The molecule has 2 unspecified atom stereocenters. The van der Waals surface area contributed by atoms with Crippen LogP contribution in [0.5, 0.6) is 0 Å². The van der Waals surface area contributed by atoms with Gasteiger partial charge in [-0.3, -0.25) is 4.57 Å². The first kappa shape index (κ1) is 27.3. The molecule has 0 saturated carbocycles.